The quantitative estimate of drug-likeness (QED) is 0.259. The molecule has 180 valence electrons. The summed E-state index contributed by atoms with van der Waals surface area (Å²) in [6.45, 7) is 2.57. The van der Waals surface area contributed by atoms with E-state index in [-0.39, 0.29) is 21.9 Å². The molecule has 7 heteroatoms. The molecule has 4 rings (SSSR count). The molecule has 1 heterocycles. The van der Waals surface area contributed by atoms with Crippen molar-refractivity contribution < 1.29 is 24.2 Å². The first-order valence-corrected chi connectivity index (χ1v) is 11.7. The van der Waals surface area contributed by atoms with Crippen LogP contribution < -0.4 is 9.47 Å². The normalized spacial score (nSPS) is 17.0. The zero-order valence-corrected chi connectivity index (χ0v) is 20.3. The number of aliphatic hydroxyl groups is 1. The number of Topliss-reactive ketones (excluding diaryl/α,β-unsaturated/α-hetero) is 1. The average Bonchev–Trinajstić information content (AvgIpc) is 3.14. The van der Waals surface area contributed by atoms with Crippen molar-refractivity contribution in [3.63, 3.8) is 0 Å². The van der Waals surface area contributed by atoms with Gasteiger partial charge in [-0.15, -0.1) is 0 Å². The Morgan fingerprint density at radius 3 is 2.34 bits per heavy atom. The molecule has 35 heavy (non-hydrogen) atoms. The molecule has 3 aromatic rings. The predicted octanol–water partition coefficient (Wildman–Crippen LogP) is 5.41. The van der Waals surface area contributed by atoms with Crippen molar-refractivity contribution in [2.75, 3.05) is 20.3 Å². The highest BCUT2D eigenvalue weighted by Gasteiger charge is 2.46. The van der Waals surface area contributed by atoms with Crippen LogP contribution in [-0.4, -0.2) is 42.0 Å². The molecule has 1 atom stereocenters. The van der Waals surface area contributed by atoms with Crippen LogP contribution >= 0.6 is 11.6 Å². The third kappa shape index (κ3) is 5.03. The summed E-state index contributed by atoms with van der Waals surface area (Å²) in [6, 6.07) is 20.9. The predicted molar refractivity (Wildman–Crippen MR) is 135 cm³/mol. The van der Waals surface area contributed by atoms with Crippen LogP contribution in [0.2, 0.25) is 5.02 Å². The first-order chi connectivity index (χ1) is 16.9. The van der Waals surface area contributed by atoms with Gasteiger partial charge in [-0.2, -0.15) is 0 Å². The Hall–Kier alpha value is -3.77. The maximum Gasteiger partial charge on any atom is 0.295 e. The summed E-state index contributed by atoms with van der Waals surface area (Å²) >= 11 is 6.38. The van der Waals surface area contributed by atoms with Crippen LogP contribution in [0.15, 0.2) is 78.4 Å². The van der Waals surface area contributed by atoms with E-state index in [0.29, 0.717) is 25.3 Å². The summed E-state index contributed by atoms with van der Waals surface area (Å²) in [6.07, 6.45) is 0.529. The first kappa shape index (κ1) is 24.4. The Labute approximate surface area is 209 Å². The minimum absolute atomic E-state index is 0.00600. The third-order valence-electron chi connectivity index (χ3n) is 5.96. The topological polar surface area (TPSA) is 76.1 Å². The van der Waals surface area contributed by atoms with Crippen LogP contribution in [0.1, 0.15) is 29.7 Å². The fraction of sp³-hybridized carbons (Fsp3) is 0.214. The lowest BCUT2D eigenvalue weighted by atomic mass is 9.95. The fourth-order valence-electron chi connectivity index (χ4n) is 4.22. The molecule has 1 aliphatic heterocycles. The highest BCUT2D eigenvalue weighted by molar-refractivity contribution is 6.47. The van der Waals surface area contributed by atoms with Crippen LogP contribution in [0, 0.1) is 0 Å². The monoisotopic (exact) mass is 491 g/mol. The summed E-state index contributed by atoms with van der Waals surface area (Å²) in [5, 5.41) is 11.6. The smallest absolute Gasteiger partial charge is 0.295 e. The summed E-state index contributed by atoms with van der Waals surface area (Å²) in [5.41, 5.74) is 1.96. The number of nitrogens with zero attached hydrogens (tertiary/aromatic N) is 1. The number of carbonyl (C=O) groups excluding carboxylic acids is 2. The SMILES string of the molecule is CCOc1ccc(Cl)c(/C(O)=C2\C(=O)C(=O)N(CCc3ccc(OC)cc3)C2c2ccccc2)c1. The number of likely N-dealkylation sites (tertiary alicyclic amines) is 1. The lowest BCUT2D eigenvalue weighted by Gasteiger charge is -2.25. The lowest BCUT2D eigenvalue weighted by Crippen LogP contribution is -2.31. The van der Waals surface area contributed by atoms with E-state index in [9.17, 15) is 14.7 Å². The minimum atomic E-state index is -0.749. The third-order valence-corrected chi connectivity index (χ3v) is 6.29. The second kappa shape index (κ2) is 10.7. The molecule has 0 radical (unpaired) electrons. The van der Waals surface area contributed by atoms with E-state index in [1.54, 1.807) is 25.3 Å². The summed E-state index contributed by atoms with van der Waals surface area (Å²) < 4.78 is 10.7. The van der Waals surface area contributed by atoms with Gasteiger partial charge in [0.25, 0.3) is 11.7 Å². The number of methoxy groups -OCH3 is 1. The highest BCUT2D eigenvalue weighted by Crippen LogP contribution is 2.41. The van der Waals surface area contributed by atoms with Gasteiger partial charge >= 0.3 is 0 Å². The maximum atomic E-state index is 13.2. The largest absolute Gasteiger partial charge is 0.507 e. The maximum absolute atomic E-state index is 13.2. The number of halogens is 1. The van der Waals surface area contributed by atoms with Crippen molar-refractivity contribution in [1.29, 1.82) is 0 Å². The molecule has 1 N–H and O–H groups in total. The van der Waals surface area contributed by atoms with Gasteiger partial charge in [-0.25, -0.2) is 0 Å². The molecule has 0 saturated carbocycles. The van der Waals surface area contributed by atoms with Gasteiger partial charge in [0.1, 0.15) is 17.3 Å². The molecule has 1 saturated heterocycles. The van der Waals surface area contributed by atoms with Gasteiger partial charge in [0.05, 0.1) is 30.4 Å². The van der Waals surface area contributed by atoms with Gasteiger partial charge in [0.15, 0.2) is 0 Å². The summed E-state index contributed by atoms with van der Waals surface area (Å²) in [5.74, 6) is -0.487. The average molecular weight is 492 g/mol. The number of carbonyl (C=O) groups is 2. The first-order valence-electron chi connectivity index (χ1n) is 11.3. The van der Waals surface area contributed by atoms with Gasteiger partial charge in [-0.1, -0.05) is 54.1 Å². The number of aliphatic hydroxyl groups excluding tert-OH is 1. The molecule has 6 nitrogen and oxygen atoms in total. The number of hydrogen-bond donors (Lipinski definition) is 1. The molecule has 0 bridgehead atoms. The van der Waals surface area contributed by atoms with Crippen molar-refractivity contribution in [3.8, 4) is 11.5 Å². The molecule has 1 unspecified atom stereocenters. The van der Waals surface area contributed by atoms with Crippen molar-refractivity contribution in [2.45, 2.75) is 19.4 Å². The van der Waals surface area contributed by atoms with E-state index >= 15 is 0 Å². The molecule has 1 fully saturated rings. The summed E-state index contributed by atoms with van der Waals surface area (Å²) in [7, 11) is 1.60. The minimum Gasteiger partial charge on any atom is -0.507 e. The van der Waals surface area contributed by atoms with E-state index < -0.39 is 17.7 Å². The lowest BCUT2D eigenvalue weighted by molar-refractivity contribution is -0.139. The summed E-state index contributed by atoms with van der Waals surface area (Å²) in [4.78, 5) is 27.9. The van der Waals surface area contributed by atoms with E-state index in [1.807, 2.05) is 61.5 Å². The molecule has 0 aromatic heterocycles. The van der Waals surface area contributed by atoms with Crippen molar-refractivity contribution in [2.24, 2.45) is 0 Å². The van der Waals surface area contributed by atoms with Gasteiger partial charge in [-0.05, 0) is 54.8 Å². The van der Waals surface area contributed by atoms with Crippen molar-refractivity contribution in [1.82, 2.24) is 4.90 Å². The highest BCUT2D eigenvalue weighted by atomic mass is 35.5. The molecule has 0 aliphatic carbocycles. The number of ketones is 1. The van der Waals surface area contributed by atoms with Crippen LogP contribution in [0.5, 0.6) is 11.5 Å². The van der Waals surface area contributed by atoms with E-state index in [2.05, 4.69) is 0 Å². The molecule has 1 amide bonds. The van der Waals surface area contributed by atoms with Crippen LogP contribution in [0.3, 0.4) is 0 Å². The second-order valence-corrected chi connectivity index (χ2v) is 8.48. The zero-order valence-electron chi connectivity index (χ0n) is 19.5. The van der Waals surface area contributed by atoms with Crippen LogP contribution in [0.25, 0.3) is 5.76 Å². The number of rotatable bonds is 8. The second-order valence-electron chi connectivity index (χ2n) is 8.08. The van der Waals surface area contributed by atoms with Crippen molar-refractivity contribution >= 4 is 29.1 Å². The molecule has 1 aliphatic rings. The standard InChI is InChI=1S/C28H26ClNO5/c1-3-35-21-13-14-23(29)22(17-21)26(31)24-25(19-7-5-4-6-8-19)30(28(33)27(24)32)16-15-18-9-11-20(34-2)12-10-18/h4-14,17,25,31H,3,15-16H2,1-2H3/b26-24+. The molecular weight excluding hydrogens is 466 g/mol. The Morgan fingerprint density at radius 2 is 1.69 bits per heavy atom. The Bertz CT molecular complexity index is 1250. The van der Waals surface area contributed by atoms with E-state index in [4.69, 9.17) is 21.1 Å². The van der Waals surface area contributed by atoms with Crippen molar-refractivity contribution in [3.05, 3.63) is 100 Å². The van der Waals surface area contributed by atoms with E-state index in [1.165, 1.54) is 4.90 Å². The fourth-order valence-corrected chi connectivity index (χ4v) is 4.43. The van der Waals surface area contributed by atoms with Gasteiger partial charge in [0.2, 0.25) is 0 Å². The van der Waals surface area contributed by atoms with E-state index in [0.717, 1.165) is 16.9 Å². The van der Waals surface area contributed by atoms with Crippen LogP contribution in [0.4, 0.5) is 0 Å². The number of ether oxygens (including phenoxy) is 2. The molecule has 0 spiro atoms. The molecule has 3 aromatic carbocycles. The molecular formula is C28H26ClNO5. The Morgan fingerprint density at radius 1 is 1.00 bits per heavy atom. The Balaban J connectivity index is 1.75. The van der Waals surface area contributed by atoms with Gasteiger partial charge < -0.3 is 19.5 Å². The van der Waals surface area contributed by atoms with Gasteiger partial charge in [-0.3, -0.25) is 9.59 Å². The number of amides is 1. The number of hydrogen-bond acceptors (Lipinski definition) is 5. The van der Waals surface area contributed by atoms with Gasteiger partial charge in [0, 0.05) is 12.1 Å². The Kier molecular flexibility index (Phi) is 7.42. The number of benzene rings is 3. The zero-order chi connectivity index (χ0) is 24.9. The van der Waals surface area contributed by atoms with Crippen LogP contribution in [-0.2, 0) is 16.0 Å².